The van der Waals surface area contributed by atoms with Crippen LogP contribution in [0.4, 0.5) is 0 Å². The normalized spacial score (nSPS) is 38.5. The van der Waals surface area contributed by atoms with Crippen LogP contribution in [0.5, 0.6) is 0 Å². The number of hydrogen-bond donors (Lipinski definition) is 0. The van der Waals surface area contributed by atoms with E-state index in [9.17, 15) is 4.79 Å². The lowest BCUT2D eigenvalue weighted by Gasteiger charge is -2.55. The molecule has 5 atom stereocenters. The molecule has 3 unspecified atom stereocenters. The van der Waals surface area contributed by atoms with Crippen LogP contribution in [0.3, 0.4) is 0 Å². The highest BCUT2D eigenvalue weighted by molar-refractivity contribution is 6.74. The number of carbonyl (C=O) groups excluding carboxylic acids is 1. The number of rotatable bonds is 3. The fraction of sp³-hybridized carbons (Fsp3) is 0.880. The first-order valence-corrected chi connectivity index (χ1v) is 14.5. The second kappa shape index (κ2) is 7.08. The molecule has 0 aliphatic heterocycles. The van der Waals surface area contributed by atoms with Crippen LogP contribution in [0.1, 0.15) is 87.0 Å². The minimum Gasteiger partial charge on any atom is -0.413 e. The Morgan fingerprint density at radius 1 is 1.18 bits per heavy atom. The van der Waals surface area contributed by atoms with E-state index in [4.69, 9.17) is 4.43 Å². The largest absolute Gasteiger partial charge is 0.413 e. The summed E-state index contributed by atoms with van der Waals surface area (Å²) in [6, 6.07) is 0. The topological polar surface area (TPSA) is 26.3 Å². The van der Waals surface area contributed by atoms with Gasteiger partial charge in [-0.1, -0.05) is 66.5 Å². The molecule has 0 amide bonds. The van der Waals surface area contributed by atoms with E-state index >= 15 is 0 Å². The zero-order valence-electron chi connectivity index (χ0n) is 19.9. The molecular weight excluding hydrogens is 360 g/mol. The monoisotopic (exact) mass is 404 g/mol. The first-order chi connectivity index (χ1) is 12.7. The second-order valence-electron chi connectivity index (χ2n) is 12.6. The Labute approximate surface area is 175 Å². The van der Waals surface area contributed by atoms with Crippen molar-refractivity contribution in [3.63, 3.8) is 0 Å². The molecule has 2 fully saturated rings. The Bertz CT molecular complexity index is 654. The molecule has 3 aliphatic carbocycles. The van der Waals surface area contributed by atoms with Crippen molar-refractivity contribution in [1.82, 2.24) is 0 Å². The zero-order valence-corrected chi connectivity index (χ0v) is 20.9. The Morgan fingerprint density at radius 2 is 1.82 bits per heavy atom. The lowest BCUT2D eigenvalue weighted by atomic mass is 9.52. The predicted molar refractivity (Wildman–Crippen MR) is 121 cm³/mol. The molecule has 0 saturated heterocycles. The van der Waals surface area contributed by atoms with Gasteiger partial charge in [0, 0.05) is 18.3 Å². The number of carbonyl (C=O) groups is 1. The van der Waals surface area contributed by atoms with Crippen molar-refractivity contribution in [3.8, 4) is 0 Å². The van der Waals surface area contributed by atoms with E-state index in [1.165, 1.54) is 18.4 Å². The molecule has 160 valence electrons. The summed E-state index contributed by atoms with van der Waals surface area (Å²) >= 11 is 0. The minimum absolute atomic E-state index is 0.189. The van der Waals surface area contributed by atoms with Gasteiger partial charge in [-0.2, -0.15) is 0 Å². The summed E-state index contributed by atoms with van der Waals surface area (Å²) in [5.74, 6) is 1.54. The van der Waals surface area contributed by atoms with E-state index < -0.39 is 8.32 Å². The minimum atomic E-state index is -1.87. The van der Waals surface area contributed by atoms with E-state index in [-0.39, 0.29) is 27.9 Å². The zero-order chi connectivity index (χ0) is 21.1. The lowest BCUT2D eigenvalue weighted by molar-refractivity contribution is -0.137. The van der Waals surface area contributed by atoms with Crippen molar-refractivity contribution in [2.75, 3.05) is 0 Å². The molecule has 3 aliphatic rings. The fourth-order valence-electron chi connectivity index (χ4n) is 5.91. The maximum absolute atomic E-state index is 13.5. The molecule has 3 rings (SSSR count). The Kier molecular flexibility index (Phi) is 5.63. The van der Waals surface area contributed by atoms with Gasteiger partial charge >= 0.3 is 0 Å². The standard InChI is InChI=1S/C25H44O2Si/c1-10-25(7)15-17-11-12-18-22(21(17)19(26)16-25)20(13-14-24(18,5)6)27-28(8,9)23(2,3)4/h12,17,20-22H,10-11,13-16H2,1-9H3/t17?,20-,21?,22?,25-/m1/s1. The average molecular weight is 405 g/mol. The van der Waals surface area contributed by atoms with Crippen LogP contribution in [0.15, 0.2) is 11.6 Å². The molecule has 0 aromatic rings. The van der Waals surface area contributed by atoms with Crippen LogP contribution in [0.2, 0.25) is 18.1 Å². The van der Waals surface area contributed by atoms with Crippen molar-refractivity contribution in [2.45, 2.75) is 111 Å². The third kappa shape index (κ3) is 3.83. The van der Waals surface area contributed by atoms with Crippen LogP contribution in [0.25, 0.3) is 0 Å². The molecule has 2 nitrogen and oxygen atoms in total. The molecule has 2 saturated carbocycles. The van der Waals surface area contributed by atoms with Crippen molar-refractivity contribution in [1.29, 1.82) is 0 Å². The summed E-state index contributed by atoms with van der Waals surface area (Å²) in [7, 11) is -1.87. The summed E-state index contributed by atoms with van der Waals surface area (Å²) in [6.45, 7) is 21.1. The molecule has 0 spiro atoms. The number of hydrogen-bond acceptors (Lipinski definition) is 2. The van der Waals surface area contributed by atoms with Gasteiger partial charge in [0.05, 0.1) is 6.10 Å². The summed E-state index contributed by atoms with van der Waals surface area (Å²) in [5.41, 5.74) is 1.94. The molecule has 28 heavy (non-hydrogen) atoms. The smallest absolute Gasteiger partial charge is 0.192 e. The van der Waals surface area contributed by atoms with Gasteiger partial charge in [0.15, 0.2) is 8.32 Å². The van der Waals surface area contributed by atoms with Crippen molar-refractivity contribution in [2.24, 2.45) is 28.6 Å². The van der Waals surface area contributed by atoms with E-state index in [2.05, 4.69) is 67.6 Å². The van der Waals surface area contributed by atoms with Gasteiger partial charge in [0.2, 0.25) is 0 Å². The Morgan fingerprint density at radius 3 is 2.39 bits per heavy atom. The van der Waals surface area contributed by atoms with Crippen LogP contribution in [-0.4, -0.2) is 20.2 Å². The fourth-order valence-corrected chi connectivity index (χ4v) is 7.28. The van der Waals surface area contributed by atoms with Crippen molar-refractivity contribution in [3.05, 3.63) is 11.6 Å². The van der Waals surface area contributed by atoms with Crippen LogP contribution in [0, 0.1) is 28.6 Å². The molecule has 3 heteroatoms. The van der Waals surface area contributed by atoms with Gasteiger partial charge in [-0.15, -0.1) is 0 Å². The van der Waals surface area contributed by atoms with E-state index in [1.54, 1.807) is 0 Å². The number of Topliss-reactive ketones (excluding diaryl/α,β-unsaturated/α-hetero) is 1. The Hall–Kier alpha value is -0.413. The van der Waals surface area contributed by atoms with E-state index in [1.807, 2.05) is 0 Å². The van der Waals surface area contributed by atoms with Gasteiger partial charge in [-0.05, 0) is 60.6 Å². The average Bonchev–Trinajstić information content (AvgIpc) is 2.55. The first-order valence-electron chi connectivity index (χ1n) is 11.6. The predicted octanol–water partition coefficient (Wildman–Crippen LogP) is 7.15. The highest BCUT2D eigenvalue weighted by Gasteiger charge is 2.54. The molecule has 0 bridgehead atoms. The van der Waals surface area contributed by atoms with E-state index in [0.29, 0.717) is 17.6 Å². The number of ketones is 1. The van der Waals surface area contributed by atoms with Crippen LogP contribution >= 0.6 is 0 Å². The summed E-state index contributed by atoms with van der Waals surface area (Å²) in [6.07, 6.45) is 9.20. The quantitative estimate of drug-likeness (QED) is 0.368. The van der Waals surface area contributed by atoms with Crippen molar-refractivity contribution < 1.29 is 9.22 Å². The van der Waals surface area contributed by atoms with Gasteiger partial charge in [0.1, 0.15) is 5.78 Å². The maximum Gasteiger partial charge on any atom is 0.192 e. The van der Waals surface area contributed by atoms with Crippen LogP contribution < -0.4 is 0 Å². The molecular formula is C25H44O2Si. The summed E-state index contributed by atoms with van der Waals surface area (Å²) in [5, 5.41) is 0.204. The SMILES string of the molecule is CC[C@@]1(C)CC(=O)C2C(CC=C3C2[C@H](O[Si](C)(C)C(C)(C)C)CCC3(C)C)C1. The molecule has 0 radical (unpaired) electrons. The third-order valence-electron chi connectivity index (χ3n) is 8.96. The summed E-state index contributed by atoms with van der Waals surface area (Å²) in [4.78, 5) is 13.5. The number of allylic oxidation sites excluding steroid dienone is 1. The molecule has 0 aromatic carbocycles. The molecule has 0 aromatic heterocycles. The van der Waals surface area contributed by atoms with Gasteiger partial charge < -0.3 is 4.43 Å². The Balaban J connectivity index is 1.97. The first kappa shape index (κ1) is 22.3. The highest BCUT2D eigenvalue weighted by atomic mass is 28.4. The highest BCUT2D eigenvalue weighted by Crippen LogP contribution is 2.57. The van der Waals surface area contributed by atoms with Gasteiger partial charge in [-0.25, -0.2) is 0 Å². The van der Waals surface area contributed by atoms with E-state index in [0.717, 1.165) is 25.7 Å². The number of fused-ring (bicyclic) bond motifs is 3. The maximum atomic E-state index is 13.5. The third-order valence-corrected chi connectivity index (χ3v) is 13.5. The van der Waals surface area contributed by atoms with Gasteiger partial charge in [-0.3, -0.25) is 4.79 Å². The molecule has 0 N–H and O–H groups in total. The second-order valence-corrected chi connectivity index (χ2v) is 17.3. The van der Waals surface area contributed by atoms with Crippen molar-refractivity contribution >= 4 is 14.1 Å². The van der Waals surface area contributed by atoms with Crippen LogP contribution in [-0.2, 0) is 9.22 Å². The van der Waals surface area contributed by atoms with Gasteiger partial charge in [0.25, 0.3) is 0 Å². The summed E-state index contributed by atoms with van der Waals surface area (Å²) < 4.78 is 7.03. The lowest BCUT2D eigenvalue weighted by Crippen LogP contribution is -2.55. The molecule has 0 heterocycles.